The quantitative estimate of drug-likeness (QED) is 0.341. The molecule has 0 rings (SSSR count). The Kier molecular flexibility index (Phi) is 15.5. The van der Waals surface area contributed by atoms with Crippen LogP contribution in [0.15, 0.2) is 0 Å². The van der Waals surface area contributed by atoms with Gasteiger partial charge in [0.2, 0.25) is 0 Å². The van der Waals surface area contributed by atoms with Crippen molar-refractivity contribution in [3.05, 3.63) is 0 Å². The van der Waals surface area contributed by atoms with E-state index >= 15 is 0 Å². The van der Waals surface area contributed by atoms with E-state index in [1.54, 1.807) is 0 Å². The topological polar surface area (TPSA) is 184 Å². The van der Waals surface area contributed by atoms with Crippen molar-refractivity contribution >= 4 is 47.5 Å². The van der Waals surface area contributed by atoms with Gasteiger partial charge in [0.05, 0.1) is 20.0 Å². The summed E-state index contributed by atoms with van der Waals surface area (Å²) in [6.07, 6.45) is -1.96. The summed E-state index contributed by atoms with van der Waals surface area (Å²) in [4.78, 5) is 31.4. The van der Waals surface area contributed by atoms with Crippen LogP contribution < -0.4 is 0 Å². The molecule has 1 atom stereocenters. The van der Waals surface area contributed by atoms with E-state index in [0.29, 0.717) is 0 Å². The number of carboxylic acids is 2. The second-order valence-corrected chi connectivity index (χ2v) is 2.66. The molecule has 17 heavy (non-hydrogen) atoms. The maximum absolute atomic E-state index is 10.7. The van der Waals surface area contributed by atoms with Crippen LogP contribution >= 0.6 is 0 Å². The second kappa shape index (κ2) is 10.4. The molecule has 10 heteroatoms. The van der Waals surface area contributed by atoms with E-state index in [-0.39, 0.29) is 40.5 Å². The van der Waals surface area contributed by atoms with Crippen molar-refractivity contribution in [1.29, 1.82) is 0 Å². The Morgan fingerprint density at radius 1 is 1.12 bits per heavy atom. The van der Waals surface area contributed by atoms with Crippen LogP contribution in [0.3, 0.4) is 0 Å². The third-order valence-electron chi connectivity index (χ3n) is 1.51. The van der Waals surface area contributed by atoms with Crippen LogP contribution in [0.5, 0.6) is 0 Å². The Labute approximate surface area is 118 Å². The predicted molar refractivity (Wildman–Crippen MR) is 55.8 cm³/mol. The van der Waals surface area contributed by atoms with Gasteiger partial charge in [0.15, 0.2) is 5.60 Å². The van der Waals surface area contributed by atoms with Gasteiger partial charge in [0.1, 0.15) is 0 Å². The average Bonchev–Trinajstić information content (AvgIpc) is 2.02. The monoisotopic (exact) mass is 266 g/mol. The molecule has 0 aromatic rings. The minimum absolute atomic E-state index is 0. The Balaban J connectivity index is -0.000000282. The van der Waals surface area contributed by atoms with Crippen molar-refractivity contribution in [2.24, 2.45) is 0 Å². The third kappa shape index (κ3) is 9.03. The van der Waals surface area contributed by atoms with E-state index in [2.05, 4.69) is 4.74 Å². The van der Waals surface area contributed by atoms with Crippen LogP contribution in [0, 0.1) is 0 Å². The van der Waals surface area contributed by atoms with Gasteiger partial charge in [-0.2, -0.15) is 0 Å². The molecule has 0 aliphatic heterocycles. The molecule has 0 amide bonds. The molecule has 0 aromatic heterocycles. The molecule has 7 N–H and O–H groups in total. The number of aliphatic hydroxyl groups is 1. The molecule has 0 fully saturated rings. The van der Waals surface area contributed by atoms with Crippen molar-refractivity contribution in [1.82, 2.24) is 0 Å². The zero-order valence-corrected chi connectivity index (χ0v) is 8.39. The number of carbonyl (C=O) groups is 3. The summed E-state index contributed by atoms with van der Waals surface area (Å²) in [5, 5.41) is 26.1. The Morgan fingerprint density at radius 3 is 1.76 bits per heavy atom. The molecule has 9 nitrogen and oxygen atoms in total. The van der Waals surface area contributed by atoms with Gasteiger partial charge >= 0.3 is 47.5 Å². The van der Waals surface area contributed by atoms with E-state index in [1.165, 1.54) is 0 Å². The summed E-state index contributed by atoms with van der Waals surface area (Å²) in [5.41, 5.74) is -2.61. The fourth-order valence-electron chi connectivity index (χ4n) is 0.775. The van der Waals surface area contributed by atoms with E-state index in [1.807, 2.05) is 0 Å². The number of rotatable bonds is 5. The molecule has 0 saturated heterocycles. The van der Waals surface area contributed by atoms with Crippen LogP contribution in [-0.2, 0) is 19.1 Å². The fourth-order valence-corrected chi connectivity index (χ4v) is 0.775. The van der Waals surface area contributed by atoms with Crippen molar-refractivity contribution in [3.63, 3.8) is 0 Å². The first-order valence-corrected chi connectivity index (χ1v) is 3.56. The van der Waals surface area contributed by atoms with Crippen LogP contribution in [0.25, 0.3) is 0 Å². The van der Waals surface area contributed by atoms with Gasteiger partial charge in [-0.3, -0.25) is 9.59 Å². The minimum atomic E-state index is -2.61. The molecule has 1 unspecified atom stereocenters. The summed E-state index contributed by atoms with van der Waals surface area (Å²) in [6.45, 7) is 0. The van der Waals surface area contributed by atoms with Gasteiger partial charge in [-0.25, -0.2) is 4.79 Å². The molecule has 0 aliphatic carbocycles. The van der Waals surface area contributed by atoms with E-state index in [9.17, 15) is 19.5 Å². The summed E-state index contributed by atoms with van der Waals surface area (Å²) >= 11 is 0. The first-order chi connectivity index (χ1) is 6.31. The van der Waals surface area contributed by atoms with E-state index in [4.69, 9.17) is 10.2 Å². The molecule has 0 radical (unpaired) electrons. The van der Waals surface area contributed by atoms with Crippen molar-refractivity contribution in [3.8, 4) is 0 Å². The van der Waals surface area contributed by atoms with Gasteiger partial charge < -0.3 is 31.0 Å². The van der Waals surface area contributed by atoms with Gasteiger partial charge in [0, 0.05) is 0 Å². The number of carboxylic acid groups (broad SMARTS) is 2. The molecule has 0 bridgehead atoms. The molecule has 0 saturated carbocycles. The van der Waals surface area contributed by atoms with Crippen molar-refractivity contribution < 1.29 is 45.4 Å². The summed E-state index contributed by atoms with van der Waals surface area (Å²) in [6, 6.07) is 0. The van der Waals surface area contributed by atoms with Crippen molar-refractivity contribution in [2.45, 2.75) is 18.4 Å². The molecular formula is C7H15NaO9. The standard InChI is InChI=1S/C7H10O7.Na.2H2O.H/c1-14-5(10)3-7(13,6(11)12)2-4(8)9;;;;/h13H,2-3H2,1H3,(H,8,9)(H,11,12);;2*1H2;. The molecule has 0 heterocycles. The Bertz CT molecular complexity index is 266. The molecule has 0 spiro atoms. The number of carbonyl (C=O) groups excluding carboxylic acids is 1. The summed E-state index contributed by atoms with van der Waals surface area (Å²) < 4.78 is 4.12. The molecular weight excluding hydrogens is 251 g/mol. The van der Waals surface area contributed by atoms with Crippen LogP contribution in [0.2, 0.25) is 0 Å². The van der Waals surface area contributed by atoms with E-state index < -0.39 is 36.4 Å². The number of methoxy groups -OCH3 is 1. The normalized spacial score (nSPS) is 11.6. The fraction of sp³-hybridized carbons (Fsp3) is 0.571. The molecule has 98 valence electrons. The first-order valence-electron chi connectivity index (χ1n) is 3.56. The van der Waals surface area contributed by atoms with Crippen molar-refractivity contribution in [2.75, 3.05) is 7.11 Å². The summed E-state index contributed by atoms with van der Waals surface area (Å²) in [7, 11) is 1.01. The second-order valence-electron chi connectivity index (χ2n) is 2.66. The molecule has 0 aromatic carbocycles. The third-order valence-corrected chi connectivity index (χ3v) is 1.51. The van der Waals surface area contributed by atoms with Gasteiger partial charge in [-0.15, -0.1) is 0 Å². The first kappa shape index (κ1) is 25.2. The average molecular weight is 266 g/mol. The zero-order valence-electron chi connectivity index (χ0n) is 8.39. The van der Waals surface area contributed by atoms with Crippen LogP contribution in [0.4, 0.5) is 0 Å². The number of aliphatic carboxylic acids is 2. The van der Waals surface area contributed by atoms with E-state index in [0.717, 1.165) is 7.11 Å². The number of ether oxygens (including phenoxy) is 1. The SMILES string of the molecule is COC(=O)CC(O)(CC(=O)O)C(=O)O.O.O.[NaH]. The number of hydrogen-bond acceptors (Lipinski definition) is 5. The van der Waals surface area contributed by atoms with Gasteiger partial charge in [0.25, 0.3) is 0 Å². The Hall–Kier alpha value is -0.710. The van der Waals surface area contributed by atoms with Crippen LogP contribution in [-0.4, -0.2) is 86.4 Å². The number of hydrogen-bond donors (Lipinski definition) is 3. The maximum atomic E-state index is 10.7. The predicted octanol–water partition coefficient (Wildman–Crippen LogP) is -3.46. The number of esters is 1. The van der Waals surface area contributed by atoms with Gasteiger partial charge in [-0.05, 0) is 0 Å². The zero-order chi connectivity index (χ0) is 11.4. The van der Waals surface area contributed by atoms with Gasteiger partial charge in [-0.1, -0.05) is 0 Å². The van der Waals surface area contributed by atoms with Crippen LogP contribution in [0.1, 0.15) is 12.8 Å². The molecule has 0 aliphatic rings. The Morgan fingerprint density at radius 2 is 1.53 bits per heavy atom. The summed E-state index contributed by atoms with van der Waals surface area (Å²) in [5.74, 6) is -4.28.